The van der Waals surface area contributed by atoms with Crippen molar-refractivity contribution in [2.75, 3.05) is 13.2 Å². The summed E-state index contributed by atoms with van der Waals surface area (Å²) in [6.45, 7) is 5.55. The van der Waals surface area contributed by atoms with Gasteiger partial charge in [0.1, 0.15) is 18.5 Å². The van der Waals surface area contributed by atoms with Crippen LogP contribution in [0.15, 0.2) is 28.7 Å². The third kappa shape index (κ3) is 5.61. The van der Waals surface area contributed by atoms with Crippen molar-refractivity contribution < 1.29 is 9.84 Å². The summed E-state index contributed by atoms with van der Waals surface area (Å²) >= 11 is 3.41. The molecule has 1 fully saturated rings. The van der Waals surface area contributed by atoms with Crippen LogP contribution < -0.4 is 10.1 Å². The van der Waals surface area contributed by atoms with Crippen molar-refractivity contribution in [3.05, 3.63) is 28.7 Å². The van der Waals surface area contributed by atoms with Crippen LogP contribution in [0.5, 0.6) is 5.75 Å². The van der Waals surface area contributed by atoms with Gasteiger partial charge in [-0.3, -0.25) is 0 Å². The first-order valence-corrected chi connectivity index (χ1v) is 8.63. The van der Waals surface area contributed by atoms with E-state index in [2.05, 4.69) is 35.1 Å². The summed E-state index contributed by atoms with van der Waals surface area (Å²) in [4.78, 5) is 0. The Morgan fingerprint density at radius 2 is 2.19 bits per heavy atom. The van der Waals surface area contributed by atoms with Gasteiger partial charge in [-0.1, -0.05) is 35.8 Å². The summed E-state index contributed by atoms with van der Waals surface area (Å²) in [6, 6.07) is 8.22. The molecule has 1 aliphatic rings. The van der Waals surface area contributed by atoms with Gasteiger partial charge in [0.15, 0.2) is 0 Å². The minimum absolute atomic E-state index is 0.320. The van der Waals surface area contributed by atoms with E-state index in [1.54, 1.807) is 0 Å². The monoisotopic (exact) mass is 355 g/mol. The first-order valence-electron chi connectivity index (χ1n) is 7.84. The molecule has 1 aromatic carbocycles. The molecular weight excluding hydrogens is 330 g/mol. The fraction of sp³-hybridized carbons (Fsp3) is 0.647. The van der Waals surface area contributed by atoms with Gasteiger partial charge in [-0.25, -0.2) is 0 Å². The molecule has 0 amide bonds. The second-order valence-electron chi connectivity index (χ2n) is 6.33. The van der Waals surface area contributed by atoms with E-state index < -0.39 is 6.10 Å². The normalized spacial score (nSPS) is 27.3. The Balaban J connectivity index is 1.69. The predicted octanol–water partition coefficient (Wildman–Crippen LogP) is 3.60. The van der Waals surface area contributed by atoms with Crippen LogP contribution in [0.3, 0.4) is 0 Å². The molecule has 0 radical (unpaired) electrons. The van der Waals surface area contributed by atoms with Gasteiger partial charge in [-0.05, 0) is 49.3 Å². The highest BCUT2D eigenvalue weighted by atomic mass is 79.9. The van der Waals surface area contributed by atoms with Gasteiger partial charge in [-0.15, -0.1) is 0 Å². The minimum atomic E-state index is -0.476. The molecule has 0 spiro atoms. The average Bonchev–Trinajstić information content (AvgIpc) is 2.44. The Labute approximate surface area is 136 Å². The molecule has 4 unspecified atom stereocenters. The Bertz CT molecular complexity index is 441. The maximum Gasteiger partial charge on any atom is 0.120 e. The lowest BCUT2D eigenvalue weighted by Crippen LogP contribution is -2.43. The number of benzene rings is 1. The van der Waals surface area contributed by atoms with E-state index in [0.717, 1.165) is 16.1 Å². The molecule has 0 saturated heterocycles. The largest absolute Gasteiger partial charge is 0.491 e. The maximum atomic E-state index is 10.0. The first-order chi connectivity index (χ1) is 10.0. The van der Waals surface area contributed by atoms with E-state index in [9.17, 15) is 5.11 Å². The van der Waals surface area contributed by atoms with Crippen molar-refractivity contribution in [2.45, 2.75) is 45.3 Å². The molecular formula is C17H26BrNO2. The van der Waals surface area contributed by atoms with E-state index in [4.69, 9.17) is 4.74 Å². The Morgan fingerprint density at radius 3 is 2.90 bits per heavy atom. The molecule has 21 heavy (non-hydrogen) atoms. The molecule has 0 heterocycles. The lowest BCUT2D eigenvalue weighted by Gasteiger charge is -2.33. The summed E-state index contributed by atoms with van der Waals surface area (Å²) in [7, 11) is 0. The molecule has 0 aliphatic heterocycles. The highest BCUT2D eigenvalue weighted by molar-refractivity contribution is 9.10. The second-order valence-corrected chi connectivity index (χ2v) is 7.25. The van der Waals surface area contributed by atoms with Gasteiger partial charge >= 0.3 is 0 Å². The number of nitrogens with one attached hydrogen (secondary N) is 1. The lowest BCUT2D eigenvalue weighted by molar-refractivity contribution is 0.0964. The molecule has 1 saturated carbocycles. The number of aliphatic hydroxyl groups excluding tert-OH is 1. The number of hydrogen-bond donors (Lipinski definition) is 2. The number of ether oxygens (including phenoxy) is 1. The van der Waals surface area contributed by atoms with Crippen LogP contribution in [0.25, 0.3) is 0 Å². The average molecular weight is 356 g/mol. The van der Waals surface area contributed by atoms with E-state index in [1.165, 1.54) is 19.3 Å². The summed E-state index contributed by atoms with van der Waals surface area (Å²) in [5.41, 5.74) is 0. The molecule has 1 aromatic rings. The molecule has 4 heteroatoms. The van der Waals surface area contributed by atoms with Crippen molar-refractivity contribution in [2.24, 2.45) is 11.8 Å². The van der Waals surface area contributed by atoms with Crippen LogP contribution in [0.1, 0.15) is 33.1 Å². The third-order valence-corrected chi connectivity index (χ3v) is 4.78. The van der Waals surface area contributed by atoms with Gasteiger partial charge in [0.05, 0.1) is 0 Å². The smallest absolute Gasteiger partial charge is 0.120 e. The zero-order chi connectivity index (χ0) is 15.2. The fourth-order valence-corrected chi connectivity index (χ4v) is 3.44. The standard InChI is InChI=1S/C17H26BrNO2/c1-12-6-7-17(13(2)8-12)19-10-15(20)11-21-16-5-3-4-14(18)9-16/h3-5,9,12-13,15,17,19-20H,6-8,10-11H2,1-2H3. The lowest BCUT2D eigenvalue weighted by atomic mass is 9.80. The topological polar surface area (TPSA) is 41.5 Å². The Kier molecular flexibility index (Phi) is 6.52. The molecule has 0 aromatic heterocycles. The first kappa shape index (κ1) is 16.8. The van der Waals surface area contributed by atoms with Gasteiger partial charge in [0.2, 0.25) is 0 Å². The van der Waals surface area contributed by atoms with E-state index in [-0.39, 0.29) is 0 Å². The van der Waals surface area contributed by atoms with Crippen LogP contribution in [0.4, 0.5) is 0 Å². The van der Waals surface area contributed by atoms with Crippen LogP contribution in [-0.2, 0) is 0 Å². The quantitative estimate of drug-likeness (QED) is 0.818. The molecule has 118 valence electrons. The fourth-order valence-electron chi connectivity index (χ4n) is 3.06. The summed E-state index contributed by atoms with van der Waals surface area (Å²) in [5, 5.41) is 13.5. The van der Waals surface area contributed by atoms with Gasteiger partial charge in [-0.2, -0.15) is 0 Å². The highest BCUT2D eigenvalue weighted by Gasteiger charge is 2.25. The summed E-state index contributed by atoms with van der Waals surface area (Å²) in [6.07, 6.45) is 3.30. The van der Waals surface area contributed by atoms with Crippen molar-refractivity contribution >= 4 is 15.9 Å². The van der Waals surface area contributed by atoms with Crippen LogP contribution >= 0.6 is 15.9 Å². The van der Waals surface area contributed by atoms with Crippen LogP contribution in [-0.4, -0.2) is 30.4 Å². The Morgan fingerprint density at radius 1 is 1.38 bits per heavy atom. The molecule has 3 nitrogen and oxygen atoms in total. The zero-order valence-electron chi connectivity index (χ0n) is 12.9. The van der Waals surface area contributed by atoms with E-state index in [0.29, 0.717) is 25.1 Å². The van der Waals surface area contributed by atoms with Crippen molar-refractivity contribution in [3.8, 4) is 5.75 Å². The Hall–Kier alpha value is -0.580. The van der Waals surface area contributed by atoms with Crippen molar-refractivity contribution in [3.63, 3.8) is 0 Å². The number of rotatable bonds is 6. The summed E-state index contributed by atoms with van der Waals surface area (Å²) < 4.78 is 6.60. The molecule has 0 bridgehead atoms. The molecule has 1 aliphatic carbocycles. The third-order valence-electron chi connectivity index (χ3n) is 4.29. The van der Waals surface area contributed by atoms with E-state index >= 15 is 0 Å². The molecule has 2 N–H and O–H groups in total. The van der Waals surface area contributed by atoms with Crippen LogP contribution in [0.2, 0.25) is 0 Å². The SMILES string of the molecule is CC1CCC(NCC(O)COc2cccc(Br)c2)C(C)C1. The van der Waals surface area contributed by atoms with Gasteiger partial charge in [0.25, 0.3) is 0 Å². The maximum absolute atomic E-state index is 10.0. The summed E-state index contributed by atoms with van der Waals surface area (Å²) in [5.74, 6) is 2.30. The number of hydrogen-bond acceptors (Lipinski definition) is 3. The van der Waals surface area contributed by atoms with Gasteiger partial charge < -0.3 is 15.2 Å². The van der Waals surface area contributed by atoms with Crippen molar-refractivity contribution in [1.82, 2.24) is 5.32 Å². The van der Waals surface area contributed by atoms with Crippen LogP contribution in [0, 0.1) is 11.8 Å². The molecule has 2 rings (SSSR count). The van der Waals surface area contributed by atoms with Crippen molar-refractivity contribution in [1.29, 1.82) is 0 Å². The highest BCUT2D eigenvalue weighted by Crippen LogP contribution is 2.28. The number of halogens is 1. The minimum Gasteiger partial charge on any atom is -0.491 e. The number of aliphatic hydroxyl groups is 1. The van der Waals surface area contributed by atoms with E-state index in [1.807, 2.05) is 24.3 Å². The second kappa shape index (κ2) is 8.16. The van der Waals surface area contributed by atoms with Gasteiger partial charge in [0, 0.05) is 17.1 Å². The molecule has 4 atom stereocenters. The predicted molar refractivity (Wildman–Crippen MR) is 89.6 cm³/mol. The zero-order valence-corrected chi connectivity index (χ0v) is 14.5.